The maximum absolute atomic E-state index is 9.55. The molecule has 0 saturated carbocycles. The largest absolute Gasteiger partial charge is 1.00 e. The van der Waals surface area contributed by atoms with Gasteiger partial charge in [-0.2, -0.15) is 0 Å². The zero-order chi connectivity index (χ0) is 16.8. The molecule has 1 rings (SSSR count). The highest BCUT2D eigenvalue weighted by atomic mass is 79.9. The topological polar surface area (TPSA) is 83.4 Å². The minimum Gasteiger partial charge on any atom is -1.00 e. The van der Waals surface area contributed by atoms with Crippen LogP contribution in [0.15, 0.2) is 30.9 Å². The van der Waals surface area contributed by atoms with Gasteiger partial charge in [-0.25, -0.2) is 18.7 Å². The van der Waals surface area contributed by atoms with Crippen molar-refractivity contribution in [2.24, 2.45) is 7.05 Å². The number of unbranched alkanes of at least 4 members (excludes halogenated alkanes) is 5. The highest BCUT2D eigenvalue weighted by Gasteiger charge is 1.98. The Labute approximate surface area is 148 Å². The molecule has 0 aliphatic heterocycles. The molecule has 0 aliphatic rings. The fourth-order valence-electron chi connectivity index (χ4n) is 1.85. The standard InChI is InChI=1S/C12H23N2.C4H4O4.BrH/c1-3-4-5-6-7-8-9-14-11-10-13(2)12-14;5-3(6)1-2-4(7)8;/h10-12H,3-9H2,1-2H3;1-2H,(H,5,6)(H,7,8);1H/q+1;;/p-1/b;2-1-;. The molecular formula is C16H27BrN2O4. The zero-order valence-corrected chi connectivity index (χ0v) is 15.4. The number of hydrogen-bond donors (Lipinski definition) is 2. The van der Waals surface area contributed by atoms with Crippen LogP contribution in [0.3, 0.4) is 0 Å². The summed E-state index contributed by atoms with van der Waals surface area (Å²) in [6.07, 6.45) is 15.8. The van der Waals surface area contributed by atoms with Crippen LogP contribution in [0, 0.1) is 0 Å². The number of aliphatic carboxylic acids is 2. The number of carboxylic acid groups (broad SMARTS) is 2. The Balaban J connectivity index is 0. The molecule has 0 aliphatic carbocycles. The number of nitrogens with zero attached hydrogens (tertiary/aromatic N) is 2. The molecule has 0 spiro atoms. The maximum Gasteiger partial charge on any atom is 0.328 e. The van der Waals surface area contributed by atoms with Crippen molar-refractivity contribution in [2.45, 2.75) is 52.0 Å². The van der Waals surface area contributed by atoms with Crippen LogP contribution in [-0.4, -0.2) is 26.7 Å². The smallest absolute Gasteiger partial charge is 0.328 e. The lowest BCUT2D eigenvalue weighted by molar-refractivity contribution is -0.696. The molecule has 1 heterocycles. The van der Waals surface area contributed by atoms with Gasteiger partial charge in [-0.1, -0.05) is 32.6 Å². The van der Waals surface area contributed by atoms with E-state index in [1.807, 2.05) is 0 Å². The minimum atomic E-state index is -1.26. The summed E-state index contributed by atoms with van der Waals surface area (Å²) in [7, 11) is 2.07. The van der Waals surface area contributed by atoms with Crippen LogP contribution in [0.5, 0.6) is 0 Å². The number of imidazole rings is 1. The van der Waals surface area contributed by atoms with Crippen LogP contribution >= 0.6 is 0 Å². The van der Waals surface area contributed by atoms with E-state index in [2.05, 4.69) is 41.8 Å². The third-order valence-corrected chi connectivity index (χ3v) is 2.96. The molecule has 23 heavy (non-hydrogen) atoms. The first kappa shape index (κ1) is 23.6. The lowest BCUT2D eigenvalue weighted by Crippen LogP contribution is -3.00. The van der Waals surface area contributed by atoms with E-state index in [4.69, 9.17) is 10.2 Å². The predicted octanol–water partition coefficient (Wildman–Crippen LogP) is -0.611. The molecule has 1 aromatic rings. The molecule has 2 N–H and O–H groups in total. The molecule has 132 valence electrons. The van der Waals surface area contributed by atoms with Crippen molar-refractivity contribution in [2.75, 3.05) is 0 Å². The summed E-state index contributed by atoms with van der Waals surface area (Å²) >= 11 is 0. The average Bonchev–Trinajstić information content (AvgIpc) is 2.87. The van der Waals surface area contributed by atoms with Crippen LogP contribution < -0.4 is 21.5 Å². The van der Waals surface area contributed by atoms with Gasteiger partial charge < -0.3 is 27.2 Å². The first-order chi connectivity index (χ1) is 10.5. The Hall–Kier alpha value is -1.63. The predicted molar refractivity (Wildman–Crippen MR) is 83.4 cm³/mol. The van der Waals surface area contributed by atoms with Crippen molar-refractivity contribution >= 4 is 11.9 Å². The lowest BCUT2D eigenvalue weighted by Gasteiger charge is -1.98. The molecule has 0 amide bonds. The number of aromatic nitrogens is 2. The van der Waals surface area contributed by atoms with E-state index in [9.17, 15) is 9.59 Å². The minimum absolute atomic E-state index is 0. The summed E-state index contributed by atoms with van der Waals surface area (Å²) in [4.78, 5) is 19.1. The van der Waals surface area contributed by atoms with Crippen molar-refractivity contribution in [1.82, 2.24) is 4.57 Å². The quantitative estimate of drug-likeness (QED) is 0.334. The summed E-state index contributed by atoms with van der Waals surface area (Å²) in [6.45, 7) is 3.44. The molecule has 0 fully saturated rings. The zero-order valence-electron chi connectivity index (χ0n) is 13.8. The van der Waals surface area contributed by atoms with Crippen LogP contribution in [0.25, 0.3) is 0 Å². The second-order valence-corrected chi connectivity index (χ2v) is 5.09. The molecule has 1 aromatic heterocycles. The number of carboxylic acids is 2. The van der Waals surface area contributed by atoms with Gasteiger partial charge in [-0.15, -0.1) is 0 Å². The molecule has 0 radical (unpaired) electrons. The van der Waals surface area contributed by atoms with Gasteiger partial charge in [-0.3, -0.25) is 0 Å². The number of rotatable bonds is 9. The van der Waals surface area contributed by atoms with Gasteiger partial charge in [0.05, 0.1) is 13.6 Å². The summed E-state index contributed by atoms with van der Waals surface area (Å²) in [5.41, 5.74) is 0. The van der Waals surface area contributed by atoms with E-state index in [1.54, 1.807) is 0 Å². The van der Waals surface area contributed by atoms with Crippen LogP contribution in [0.2, 0.25) is 0 Å². The molecule has 0 aromatic carbocycles. The monoisotopic (exact) mass is 390 g/mol. The van der Waals surface area contributed by atoms with E-state index in [0.717, 1.165) is 0 Å². The Bertz CT molecular complexity index is 456. The molecule has 0 atom stereocenters. The van der Waals surface area contributed by atoms with Gasteiger partial charge in [0, 0.05) is 12.2 Å². The van der Waals surface area contributed by atoms with Crippen molar-refractivity contribution < 1.29 is 41.4 Å². The van der Waals surface area contributed by atoms with E-state index >= 15 is 0 Å². The Morgan fingerprint density at radius 1 is 1.04 bits per heavy atom. The number of hydrogen-bond acceptors (Lipinski definition) is 2. The van der Waals surface area contributed by atoms with E-state index in [-0.39, 0.29) is 17.0 Å². The van der Waals surface area contributed by atoms with E-state index in [0.29, 0.717) is 12.2 Å². The molecule has 6 nitrogen and oxygen atoms in total. The SMILES string of the molecule is CCCCCCCC[n+]1ccn(C)c1.O=C(O)/C=C\C(=O)O.[Br-]. The van der Waals surface area contributed by atoms with Crippen LogP contribution in [0.1, 0.15) is 45.4 Å². The maximum atomic E-state index is 9.55. The summed E-state index contributed by atoms with van der Waals surface area (Å²) in [6, 6.07) is 0. The Morgan fingerprint density at radius 3 is 2.00 bits per heavy atom. The number of aryl methyl sites for hydroxylation is 2. The van der Waals surface area contributed by atoms with Gasteiger partial charge >= 0.3 is 11.9 Å². The first-order valence-corrected chi connectivity index (χ1v) is 7.60. The van der Waals surface area contributed by atoms with Crippen molar-refractivity contribution in [3.05, 3.63) is 30.9 Å². The number of halogens is 1. The van der Waals surface area contributed by atoms with E-state index in [1.165, 1.54) is 45.1 Å². The van der Waals surface area contributed by atoms with Crippen molar-refractivity contribution in [3.63, 3.8) is 0 Å². The second kappa shape index (κ2) is 15.3. The molecular weight excluding hydrogens is 364 g/mol. The average molecular weight is 391 g/mol. The second-order valence-electron chi connectivity index (χ2n) is 5.09. The summed E-state index contributed by atoms with van der Waals surface area (Å²) < 4.78 is 4.36. The van der Waals surface area contributed by atoms with Gasteiger partial charge in [-0.05, 0) is 12.8 Å². The summed E-state index contributed by atoms with van der Waals surface area (Å²) in [5, 5.41) is 15.6. The van der Waals surface area contributed by atoms with Gasteiger partial charge in [0.2, 0.25) is 6.33 Å². The molecule has 0 bridgehead atoms. The normalized spacial score (nSPS) is 9.83. The third-order valence-electron chi connectivity index (χ3n) is 2.96. The highest BCUT2D eigenvalue weighted by Crippen LogP contribution is 2.04. The summed E-state index contributed by atoms with van der Waals surface area (Å²) in [5.74, 6) is -2.51. The molecule has 7 heteroatoms. The van der Waals surface area contributed by atoms with Crippen molar-refractivity contribution in [1.29, 1.82) is 0 Å². The van der Waals surface area contributed by atoms with Gasteiger partial charge in [0.25, 0.3) is 0 Å². The van der Waals surface area contributed by atoms with Gasteiger partial charge in [0.1, 0.15) is 12.4 Å². The van der Waals surface area contributed by atoms with Crippen LogP contribution in [0.4, 0.5) is 0 Å². The molecule has 0 unspecified atom stereocenters. The van der Waals surface area contributed by atoms with Crippen LogP contribution in [-0.2, 0) is 23.2 Å². The Kier molecular flexibility index (Phi) is 15.7. The Morgan fingerprint density at radius 2 is 1.57 bits per heavy atom. The highest BCUT2D eigenvalue weighted by molar-refractivity contribution is 5.89. The molecule has 0 saturated heterocycles. The van der Waals surface area contributed by atoms with Gasteiger partial charge in [0.15, 0.2) is 0 Å². The first-order valence-electron chi connectivity index (χ1n) is 7.60. The third kappa shape index (κ3) is 16.6. The fraction of sp³-hybridized carbons (Fsp3) is 0.562. The number of carbonyl (C=O) groups is 2. The van der Waals surface area contributed by atoms with Crippen molar-refractivity contribution in [3.8, 4) is 0 Å². The lowest BCUT2D eigenvalue weighted by atomic mass is 10.1. The fourth-order valence-corrected chi connectivity index (χ4v) is 1.85. The van der Waals surface area contributed by atoms with E-state index < -0.39 is 11.9 Å².